The quantitative estimate of drug-likeness (QED) is 0.510. The minimum atomic E-state index is -0.0675. The van der Waals surface area contributed by atoms with Crippen LogP contribution in [-0.2, 0) is 17.9 Å². The SMILES string of the molecule is COc1ccccc1CN(Cc1cccs1)C(=O)C1CCN(C(=O)c2cccs2)CC1. The van der Waals surface area contributed by atoms with Gasteiger partial charge in [-0.3, -0.25) is 9.59 Å². The maximum Gasteiger partial charge on any atom is 0.263 e. The van der Waals surface area contributed by atoms with E-state index in [2.05, 4.69) is 6.07 Å². The van der Waals surface area contributed by atoms with E-state index >= 15 is 0 Å². The molecule has 1 aliphatic rings. The number of nitrogens with zero attached hydrogens (tertiary/aromatic N) is 2. The lowest BCUT2D eigenvalue weighted by Gasteiger charge is -2.34. The lowest BCUT2D eigenvalue weighted by atomic mass is 9.94. The van der Waals surface area contributed by atoms with Gasteiger partial charge in [0.2, 0.25) is 5.91 Å². The van der Waals surface area contributed by atoms with Crippen molar-refractivity contribution in [3.05, 3.63) is 74.6 Å². The van der Waals surface area contributed by atoms with Gasteiger partial charge in [0.1, 0.15) is 5.75 Å². The molecule has 0 bridgehead atoms. The molecular weight excluding hydrogens is 428 g/mol. The first-order valence-corrected chi connectivity index (χ1v) is 12.2. The average molecular weight is 455 g/mol. The normalized spacial score (nSPS) is 14.4. The number of rotatable bonds is 7. The van der Waals surface area contributed by atoms with E-state index in [9.17, 15) is 9.59 Å². The molecule has 0 aliphatic carbocycles. The van der Waals surface area contributed by atoms with Crippen LogP contribution in [0.2, 0.25) is 0 Å². The molecule has 0 atom stereocenters. The molecule has 162 valence electrons. The fourth-order valence-electron chi connectivity index (χ4n) is 3.99. The third kappa shape index (κ3) is 5.17. The second-order valence-electron chi connectivity index (χ2n) is 7.63. The highest BCUT2D eigenvalue weighted by Crippen LogP contribution is 2.27. The smallest absolute Gasteiger partial charge is 0.263 e. The Labute approximate surface area is 190 Å². The van der Waals surface area contributed by atoms with Gasteiger partial charge in [-0.1, -0.05) is 30.3 Å². The van der Waals surface area contributed by atoms with Crippen LogP contribution in [0.3, 0.4) is 0 Å². The summed E-state index contributed by atoms with van der Waals surface area (Å²) in [7, 11) is 1.66. The Hall–Kier alpha value is -2.64. The summed E-state index contributed by atoms with van der Waals surface area (Å²) in [5, 5.41) is 3.96. The van der Waals surface area contributed by atoms with Crippen molar-refractivity contribution >= 4 is 34.5 Å². The molecule has 1 aromatic carbocycles. The molecule has 0 spiro atoms. The molecule has 4 rings (SSSR count). The number of amides is 2. The van der Waals surface area contributed by atoms with Crippen molar-refractivity contribution in [2.24, 2.45) is 5.92 Å². The number of thiophene rings is 2. The highest BCUT2D eigenvalue weighted by Gasteiger charge is 2.31. The Bertz CT molecular complexity index is 994. The van der Waals surface area contributed by atoms with Crippen LogP contribution in [0.15, 0.2) is 59.3 Å². The number of methoxy groups -OCH3 is 1. The van der Waals surface area contributed by atoms with Gasteiger partial charge in [-0.15, -0.1) is 22.7 Å². The Balaban J connectivity index is 1.45. The van der Waals surface area contributed by atoms with Gasteiger partial charge in [-0.05, 0) is 41.8 Å². The molecule has 1 aliphatic heterocycles. The van der Waals surface area contributed by atoms with E-state index in [0.29, 0.717) is 39.0 Å². The Morgan fingerprint density at radius 2 is 1.74 bits per heavy atom. The summed E-state index contributed by atoms with van der Waals surface area (Å²) in [5.41, 5.74) is 1.00. The molecule has 1 fully saturated rings. The van der Waals surface area contributed by atoms with Crippen LogP contribution in [0.1, 0.15) is 33.0 Å². The number of hydrogen-bond donors (Lipinski definition) is 0. The van der Waals surface area contributed by atoms with E-state index in [0.717, 1.165) is 21.1 Å². The summed E-state index contributed by atoms with van der Waals surface area (Å²) in [6, 6.07) is 15.7. The molecule has 3 heterocycles. The lowest BCUT2D eigenvalue weighted by Crippen LogP contribution is -2.44. The lowest BCUT2D eigenvalue weighted by molar-refractivity contribution is -0.138. The topological polar surface area (TPSA) is 49.9 Å². The highest BCUT2D eigenvalue weighted by atomic mass is 32.1. The van der Waals surface area contributed by atoms with E-state index in [4.69, 9.17) is 4.74 Å². The molecule has 0 saturated carbocycles. The zero-order chi connectivity index (χ0) is 21.6. The zero-order valence-corrected chi connectivity index (χ0v) is 19.2. The average Bonchev–Trinajstić information content (AvgIpc) is 3.53. The van der Waals surface area contributed by atoms with Crippen LogP contribution >= 0.6 is 22.7 Å². The van der Waals surface area contributed by atoms with Gasteiger partial charge in [0.25, 0.3) is 5.91 Å². The summed E-state index contributed by atoms with van der Waals surface area (Å²) < 4.78 is 5.50. The monoisotopic (exact) mass is 454 g/mol. The fourth-order valence-corrected chi connectivity index (χ4v) is 5.40. The zero-order valence-electron chi connectivity index (χ0n) is 17.5. The minimum absolute atomic E-state index is 0.0675. The first kappa shape index (κ1) is 21.6. The molecule has 0 unspecified atom stereocenters. The number of ether oxygens (including phenoxy) is 1. The molecule has 0 N–H and O–H groups in total. The Morgan fingerprint density at radius 1 is 1.00 bits per heavy atom. The van der Waals surface area contributed by atoms with Crippen LogP contribution in [-0.4, -0.2) is 41.8 Å². The fraction of sp³-hybridized carbons (Fsp3) is 0.333. The van der Waals surface area contributed by atoms with Crippen molar-refractivity contribution in [3.63, 3.8) is 0 Å². The summed E-state index contributed by atoms with van der Waals surface area (Å²) in [5.74, 6) is 0.956. The van der Waals surface area contributed by atoms with Crippen molar-refractivity contribution in [3.8, 4) is 5.75 Å². The number of para-hydroxylation sites is 1. The number of hydrogen-bond acceptors (Lipinski definition) is 5. The predicted octanol–water partition coefficient (Wildman–Crippen LogP) is 4.90. The van der Waals surface area contributed by atoms with Crippen LogP contribution in [0, 0.1) is 5.92 Å². The molecule has 5 nitrogen and oxygen atoms in total. The number of likely N-dealkylation sites (tertiary alicyclic amines) is 1. The number of carbonyl (C=O) groups is 2. The maximum atomic E-state index is 13.5. The Morgan fingerprint density at radius 3 is 2.42 bits per heavy atom. The molecule has 31 heavy (non-hydrogen) atoms. The predicted molar refractivity (Wildman–Crippen MR) is 125 cm³/mol. The third-order valence-electron chi connectivity index (χ3n) is 5.66. The van der Waals surface area contributed by atoms with E-state index in [1.165, 1.54) is 11.3 Å². The highest BCUT2D eigenvalue weighted by molar-refractivity contribution is 7.12. The summed E-state index contributed by atoms with van der Waals surface area (Å²) in [6.07, 6.45) is 1.39. The van der Waals surface area contributed by atoms with E-state index in [1.807, 2.05) is 63.0 Å². The molecule has 7 heteroatoms. The van der Waals surface area contributed by atoms with Gasteiger partial charge in [0.05, 0.1) is 18.5 Å². The number of benzene rings is 1. The summed E-state index contributed by atoms with van der Waals surface area (Å²) in [4.78, 5) is 31.9. The molecular formula is C24H26N2O3S2. The van der Waals surface area contributed by atoms with Crippen LogP contribution in [0.25, 0.3) is 0 Å². The van der Waals surface area contributed by atoms with Gasteiger partial charge < -0.3 is 14.5 Å². The van der Waals surface area contributed by atoms with Crippen molar-refractivity contribution in [2.45, 2.75) is 25.9 Å². The first-order chi connectivity index (χ1) is 15.2. The van der Waals surface area contributed by atoms with Crippen LogP contribution in [0.5, 0.6) is 5.75 Å². The van der Waals surface area contributed by atoms with Crippen molar-refractivity contribution in [1.29, 1.82) is 0 Å². The van der Waals surface area contributed by atoms with Gasteiger partial charge in [-0.2, -0.15) is 0 Å². The minimum Gasteiger partial charge on any atom is -0.496 e. The van der Waals surface area contributed by atoms with Crippen molar-refractivity contribution < 1.29 is 14.3 Å². The first-order valence-electron chi connectivity index (χ1n) is 10.4. The van der Waals surface area contributed by atoms with Gasteiger partial charge in [0.15, 0.2) is 0 Å². The number of piperidine rings is 1. The summed E-state index contributed by atoms with van der Waals surface area (Å²) >= 11 is 3.13. The van der Waals surface area contributed by atoms with E-state index in [-0.39, 0.29) is 17.7 Å². The van der Waals surface area contributed by atoms with Gasteiger partial charge >= 0.3 is 0 Å². The van der Waals surface area contributed by atoms with Gasteiger partial charge in [0, 0.05) is 36.0 Å². The van der Waals surface area contributed by atoms with Crippen LogP contribution < -0.4 is 4.74 Å². The molecule has 2 aromatic heterocycles. The van der Waals surface area contributed by atoms with E-state index < -0.39 is 0 Å². The third-order valence-corrected chi connectivity index (χ3v) is 7.37. The molecule has 3 aromatic rings. The Kier molecular flexibility index (Phi) is 7.04. The summed E-state index contributed by atoms with van der Waals surface area (Å²) in [6.45, 7) is 2.33. The van der Waals surface area contributed by atoms with Crippen LogP contribution in [0.4, 0.5) is 0 Å². The standard InChI is InChI=1S/C24H26N2O3S2/c1-29-21-8-3-2-6-19(21)16-26(17-20-7-4-14-30-20)23(27)18-10-12-25(13-11-18)24(28)22-9-5-15-31-22/h2-9,14-15,18H,10-13,16-17H2,1H3. The number of carbonyl (C=O) groups excluding carboxylic acids is 2. The molecule has 1 saturated heterocycles. The molecule has 2 amide bonds. The van der Waals surface area contributed by atoms with E-state index in [1.54, 1.807) is 18.4 Å². The second-order valence-corrected chi connectivity index (χ2v) is 9.61. The van der Waals surface area contributed by atoms with Crippen molar-refractivity contribution in [1.82, 2.24) is 9.80 Å². The molecule has 0 radical (unpaired) electrons. The largest absolute Gasteiger partial charge is 0.496 e. The second kappa shape index (κ2) is 10.1. The van der Waals surface area contributed by atoms with Gasteiger partial charge in [-0.25, -0.2) is 0 Å². The maximum absolute atomic E-state index is 13.5. The van der Waals surface area contributed by atoms with Crippen molar-refractivity contribution in [2.75, 3.05) is 20.2 Å².